The van der Waals surface area contributed by atoms with Crippen molar-refractivity contribution in [2.24, 2.45) is 0 Å². The fourth-order valence-electron chi connectivity index (χ4n) is 4.02. The predicted octanol–water partition coefficient (Wildman–Crippen LogP) is 3.89. The first-order valence-corrected chi connectivity index (χ1v) is 11.7. The maximum Gasteiger partial charge on any atom is 0.281 e. The summed E-state index contributed by atoms with van der Waals surface area (Å²) in [6, 6.07) is 10.7. The zero-order valence-electron chi connectivity index (χ0n) is 17.4. The third-order valence-electron chi connectivity index (χ3n) is 5.51. The van der Waals surface area contributed by atoms with E-state index in [1.807, 2.05) is 26.8 Å². The summed E-state index contributed by atoms with van der Waals surface area (Å²) in [6.45, 7) is 7.67. The van der Waals surface area contributed by atoms with Gasteiger partial charge in [0.1, 0.15) is 5.82 Å². The quantitative estimate of drug-likeness (QED) is 0.684. The van der Waals surface area contributed by atoms with E-state index < -0.39 is 10.2 Å². The second-order valence-electron chi connectivity index (χ2n) is 7.63. The third-order valence-corrected chi connectivity index (χ3v) is 7.67. The number of pyridine rings is 1. The Hall–Kier alpha value is -1.83. The highest BCUT2D eigenvalue weighted by atomic mass is 32.2. The minimum atomic E-state index is -3.43. The van der Waals surface area contributed by atoms with Crippen LogP contribution in [0.15, 0.2) is 36.4 Å². The number of benzene rings is 1. The van der Waals surface area contributed by atoms with Crippen LogP contribution in [-0.4, -0.2) is 48.2 Å². The van der Waals surface area contributed by atoms with E-state index >= 15 is 0 Å². The largest absolute Gasteiger partial charge is 0.281 e. The highest BCUT2D eigenvalue weighted by Crippen LogP contribution is 2.29. The molecule has 1 saturated heterocycles. The zero-order chi connectivity index (χ0) is 21.0. The molecule has 1 unspecified atom stereocenters. The summed E-state index contributed by atoms with van der Waals surface area (Å²) in [7, 11) is -3.43. The Balaban J connectivity index is 1.81. The van der Waals surface area contributed by atoms with Crippen LogP contribution in [0.1, 0.15) is 55.1 Å². The maximum atomic E-state index is 13.2. The molecular weight excluding hydrogens is 389 g/mol. The average Bonchev–Trinajstić information content (AvgIpc) is 2.70. The lowest BCUT2D eigenvalue weighted by Gasteiger charge is -2.35. The molecule has 2 heterocycles. The van der Waals surface area contributed by atoms with Crippen LogP contribution in [0, 0.1) is 12.7 Å². The van der Waals surface area contributed by atoms with E-state index in [-0.39, 0.29) is 11.7 Å². The van der Waals surface area contributed by atoms with Crippen molar-refractivity contribution >= 4 is 10.2 Å². The van der Waals surface area contributed by atoms with E-state index in [0.717, 1.165) is 35.4 Å². The number of aromatic nitrogens is 1. The minimum absolute atomic E-state index is 0.0842. The van der Waals surface area contributed by atoms with Gasteiger partial charge in [0.2, 0.25) is 0 Å². The van der Waals surface area contributed by atoms with Gasteiger partial charge in [0.05, 0.1) is 0 Å². The van der Waals surface area contributed by atoms with Crippen LogP contribution in [0.5, 0.6) is 0 Å². The molecule has 2 aromatic rings. The Labute approximate surface area is 173 Å². The van der Waals surface area contributed by atoms with Crippen LogP contribution in [0.4, 0.5) is 4.39 Å². The van der Waals surface area contributed by atoms with Gasteiger partial charge >= 0.3 is 0 Å². The van der Waals surface area contributed by atoms with Crippen molar-refractivity contribution in [1.29, 1.82) is 0 Å². The average molecular weight is 420 g/mol. The molecule has 0 saturated carbocycles. The lowest BCUT2D eigenvalue weighted by molar-refractivity contribution is 0.285. The van der Waals surface area contributed by atoms with Crippen molar-refractivity contribution in [3.8, 4) is 0 Å². The lowest BCUT2D eigenvalue weighted by Crippen LogP contribution is -2.47. The molecule has 1 aliphatic rings. The SMILES string of the molecule is CCN(CC)S(=O)(=O)N1CCCC(c2cc(Cc3ccc(F)cc3)cc(C)n2)C1. The minimum Gasteiger partial charge on any atom is -0.258 e. The van der Waals surface area contributed by atoms with E-state index in [2.05, 4.69) is 6.07 Å². The molecule has 0 spiro atoms. The molecule has 3 rings (SSSR count). The summed E-state index contributed by atoms with van der Waals surface area (Å²) in [5.41, 5.74) is 4.02. The number of halogens is 1. The summed E-state index contributed by atoms with van der Waals surface area (Å²) < 4.78 is 42.1. The van der Waals surface area contributed by atoms with Gasteiger partial charge in [-0.1, -0.05) is 26.0 Å². The Kier molecular flexibility index (Phi) is 7.03. The Morgan fingerprint density at radius 1 is 1.14 bits per heavy atom. The number of hydrogen-bond donors (Lipinski definition) is 0. The highest BCUT2D eigenvalue weighted by molar-refractivity contribution is 7.86. The summed E-state index contributed by atoms with van der Waals surface area (Å²) in [5, 5.41) is 0. The molecule has 158 valence electrons. The third kappa shape index (κ3) is 5.21. The van der Waals surface area contributed by atoms with E-state index in [9.17, 15) is 12.8 Å². The van der Waals surface area contributed by atoms with Gasteiger partial charge in [-0.25, -0.2) is 4.39 Å². The van der Waals surface area contributed by atoms with E-state index in [0.29, 0.717) is 32.6 Å². The molecule has 0 aliphatic carbocycles. The normalized spacial score (nSPS) is 18.3. The van der Waals surface area contributed by atoms with Crippen LogP contribution >= 0.6 is 0 Å². The van der Waals surface area contributed by atoms with Crippen molar-refractivity contribution in [2.75, 3.05) is 26.2 Å². The van der Waals surface area contributed by atoms with E-state index in [4.69, 9.17) is 4.98 Å². The van der Waals surface area contributed by atoms with Gasteiger partial charge in [0.25, 0.3) is 10.2 Å². The van der Waals surface area contributed by atoms with Crippen molar-refractivity contribution in [3.63, 3.8) is 0 Å². The Bertz CT molecular complexity index is 928. The first kappa shape index (κ1) is 21.9. The second kappa shape index (κ2) is 9.32. The number of piperidine rings is 1. The van der Waals surface area contributed by atoms with Crippen LogP contribution in [0.25, 0.3) is 0 Å². The first-order chi connectivity index (χ1) is 13.8. The fraction of sp³-hybridized carbons (Fsp3) is 0.500. The monoisotopic (exact) mass is 419 g/mol. The van der Waals surface area contributed by atoms with E-state index in [1.54, 1.807) is 16.4 Å². The number of aryl methyl sites for hydroxylation is 1. The molecule has 0 radical (unpaired) electrons. The molecule has 1 fully saturated rings. The predicted molar refractivity (Wildman–Crippen MR) is 114 cm³/mol. The summed E-state index contributed by atoms with van der Waals surface area (Å²) >= 11 is 0. The van der Waals surface area contributed by atoms with Crippen LogP contribution in [0.2, 0.25) is 0 Å². The zero-order valence-corrected chi connectivity index (χ0v) is 18.3. The molecular formula is C22H30FN3O2S. The summed E-state index contributed by atoms with van der Waals surface area (Å²) in [5.74, 6) is -0.155. The maximum absolute atomic E-state index is 13.2. The molecule has 1 aliphatic heterocycles. The summed E-state index contributed by atoms with van der Waals surface area (Å²) in [4.78, 5) is 4.72. The van der Waals surface area contributed by atoms with Crippen LogP contribution in [0.3, 0.4) is 0 Å². The van der Waals surface area contributed by atoms with Crippen LogP contribution < -0.4 is 0 Å². The van der Waals surface area contributed by atoms with Gasteiger partial charge in [-0.3, -0.25) is 4.98 Å². The van der Waals surface area contributed by atoms with Crippen molar-refractivity contribution < 1.29 is 12.8 Å². The molecule has 0 N–H and O–H groups in total. The second-order valence-corrected chi connectivity index (χ2v) is 9.56. The van der Waals surface area contributed by atoms with Crippen molar-refractivity contribution in [3.05, 3.63) is 64.7 Å². The smallest absolute Gasteiger partial charge is 0.258 e. The lowest BCUT2D eigenvalue weighted by atomic mass is 9.93. The van der Waals surface area contributed by atoms with Gasteiger partial charge in [-0.2, -0.15) is 17.0 Å². The fourth-order valence-corrected chi connectivity index (χ4v) is 5.73. The summed E-state index contributed by atoms with van der Waals surface area (Å²) in [6.07, 6.45) is 2.45. The molecule has 7 heteroatoms. The highest BCUT2D eigenvalue weighted by Gasteiger charge is 2.33. The molecule has 0 amide bonds. The van der Waals surface area contributed by atoms with Gasteiger partial charge in [0, 0.05) is 43.5 Å². The Morgan fingerprint density at radius 3 is 2.48 bits per heavy atom. The molecule has 1 aromatic carbocycles. The number of nitrogens with zero attached hydrogens (tertiary/aromatic N) is 3. The molecule has 29 heavy (non-hydrogen) atoms. The molecule has 1 atom stereocenters. The molecule has 1 aromatic heterocycles. The van der Waals surface area contributed by atoms with Gasteiger partial charge in [-0.15, -0.1) is 0 Å². The topological polar surface area (TPSA) is 53.5 Å². The first-order valence-electron chi connectivity index (χ1n) is 10.3. The van der Waals surface area contributed by atoms with Gasteiger partial charge in [-0.05, 0) is 61.6 Å². The van der Waals surface area contributed by atoms with Gasteiger partial charge in [0.15, 0.2) is 0 Å². The van der Waals surface area contributed by atoms with Gasteiger partial charge < -0.3 is 0 Å². The Morgan fingerprint density at radius 2 is 1.83 bits per heavy atom. The molecule has 5 nitrogen and oxygen atoms in total. The van der Waals surface area contributed by atoms with E-state index in [1.165, 1.54) is 16.4 Å². The molecule has 0 bridgehead atoms. The van der Waals surface area contributed by atoms with Crippen molar-refractivity contribution in [2.45, 2.75) is 46.0 Å². The van der Waals surface area contributed by atoms with Crippen molar-refractivity contribution in [1.82, 2.24) is 13.6 Å². The standard InChI is InChI=1S/C22H30FN3O2S/c1-4-25(5-2)29(27,28)26-12-6-7-20(16-26)22-15-19(13-17(3)24-22)14-18-8-10-21(23)11-9-18/h8-11,13,15,20H,4-7,12,14,16H2,1-3H3. The van der Waals surface area contributed by atoms with Crippen LogP contribution in [-0.2, 0) is 16.6 Å². The number of hydrogen-bond acceptors (Lipinski definition) is 3. The number of rotatable bonds is 7.